The minimum Gasteiger partial charge on any atom is -0.381 e. The van der Waals surface area contributed by atoms with E-state index in [4.69, 9.17) is 32.4 Å². The highest BCUT2D eigenvalue weighted by Crippen LogP contribution is 2.10. The highest BCUT2D eigenvalue weighted by molar-refractivity contribution is 4.81. The first-order chi connectivity index (χ1) is 21.1. The zero-order valence-corrected chi connectivity index (χ0v) is 29.4. The van der Waals surface area contributed by atoms with E-state index in [2.05, 4.69) is 26.0 Å². The first kappa shape index (κ1) is 44.6. The lowest BCUT2D eigenvalue weighted by Gasteiger charge is -2.09. The maximum Gasteiger partial charge on any atom is 0.0466 e. The molecule has 6 heteroatoms. The molecule has 0 aromatic rings. The minimum absolute atomic E-state index is 0.254. The zero-order valence-electron chi connectivity index (χ0n) is 29.4. The molecule has 0 saturated carbocycles. The Morgan fingerprint density at radius 3 is 1.12 bits per heavy atom. The van der Waals surface area contributed by atoms with Gasteiger partial charge in [-0.25, -0.2) is 0 Å². The molecular formula is C37H80N4O2. The van der Waals surface area contributed by atoms with Crippen LogP contribution in [0.25, 0.3) is 0 Å². The molecule has 43 heavy (non-hydrogen) atoms. The Kier molecular flexibility index (Phi) is 43.1. The average molecular weight is 613 g/mol. The molecule has 6 nitrogen and oxygen atoms in total. The van der Waals surface area contributed by atoms with Crippen LogP contribution in [0.1, 0.15) is 174 Å². The average Bonchev–Trinajstić information content (AvgIpc) is 3.00. The normalized spacial score (nSPS) is 12.9. The van der Waals surface area contributed by atoms with Crippen molar-refractivity contribution in [3.05, 3.63) is 12.2 Å². The summed E-state index contributed by atoms with van der Waals surface area (Å²) in [5, 5.41) is 0. The summed E-state index contributed by atoms with van der Waals surface area (Å²) in [5.74, 6) is 0. The third-order valence-electron chi connectivity index (χ3n) is 7.99. The van der Waals surface area contributed by atoms with Gasteiger partial charge < -0.3 is 32.4 Å². The lowest BCUT2D eigenvalue weighted by Crippen LogP contribution is -2.23. The molecule has 0 aliphatic rings. The van der Waals surface area contributed by atoms with Gasteiger partial charge in [-0.05, 0) is 90.1 Å². The van der Waals surface area contributed by atoms with Gasteiger partial charge in [0, 0.05) is 38.5 Å². The Balaban J connectivity index is 0. The summed E-state index contributed by atoms with van der Waals surface area (Å²) in [6, 6.07) is 0.516. The Hall–Kier alpha value is -0.500. The van der Waals surface area contributed by atoms with Crippen LogP contribution in [0.5, 0.6) is 0 Å². The molecule has 0 aromatic heterocycles. The third kappa shape index (κ3) is 43.7. The highest BCUT2D eigenvalue weighted by atomic mass is 16.5. The van der Waals surface area contributed by atoms with Crippen LogP contribution in [0, 0.1) is 0 Å². The van der Waals surface area contributed by atoms with E-state index in [0.29, 0.717) is 13.1 Å². The van der Waals surface area contributed by atoms with Crippen molar-refractivity contribution in [3.8, 4) is 0 Å². The zero-order chi connectivity index (χ0) is 31.9. The Morgan fingerprint density at radius 2 is 0.744 bits per heavy atom. The number of unbranched alkanes of at least 4 members (excludes halogenated alkanes) is 16. The second-order valence-electron chi connectivity index (χ2n) is 12.5. The lowest BCUT2D eigenvalue weighted by molar-refractivity contribution is 0.124. The molecule has 0 amide bonds. The summed E-state index contributed by atoms with van der Waals surface area (Å²) in [7, 11) is 0. The molecule has 0 aromatic carbocycles. The van der Waals surface area contributed by atoms with Gasteiger partial charge in [-0.2, -0.15) is 0 Å². The fourth-order valence-electron chi connectivity index (χ4n) is 5.08. The van der Waals surface area contributed by atoms with Gasteiger partial charge in [-0.3, -0.25) is 0 Å². The fraction of sp³-hybridized carbons (Fsp3) is 0.946. The number of ether oxygens (including phenoxy) is 2. The number of hydrogen-bond donors (Lipinski definition) is 4. The van der Waals surface area contributed by atoms with Crippen molar-refractivity contribution in [3.63, 3.8) is 0 Å². The highest BCUT2D eigenvalue weighted by Gasteiger charge is 2.01. The van der Waals surface area contributed by atoms with Crippen LogP contribution in [0.4, 0.5) is 0 Å². The van der Waals surface area contributed by atoms with Gasteiger partial charge in [0.2, 0.25) is 0 Å². The van der Waals surface area contributed by atoms with Crippen LogP contribution in [0.15, 0.2) is 12.2 Å². The van der Waals surface area contributed by atoms with Crippen molar-refractivity contribution in [1.82, 2.24) is 0 Å². The molecule has 0 rings (SSSR count). The van der Waals surface area contributed by atoms with E-state index in [-0.39, 0.29) is 12.1 Å². The van der Waals surface area contributed by atoms with Gasteiger partial charge in [0.25, 0.3) is 0 Å². The van der Waals surface area contributed by atoms with Crippen molar-refractivity contribution in [1.29, 1.82) is 0 Å². The van der Waals surface area contributed by atoms with Crippen LogP contribution in [-0.2, 0) is 9.47 Å². The molecule has 2 unspecified atom stereocenters. The van der Waals surface area contributed by atoms with E-state index in [1.165, 1.54) is 122 Å². The molecule has 2 atom stereocenters. The van der Waals surface area contributed by atoms with Crippen molar-refractivity contribution < 1.29 is 9.47 Å². The molecule has 0 spiro atoms. The molecule has 260 valence electrons. The van der Waals surface area contributed by atoms with Crippen LogP contribution in [0.2, 0.25) is 0 Å². The second kappa shape index (κ2) is 41.5. The first-order valence-electron chi connectivity index (χ1n) is 18.8. The number of nitrogens with two attached hydrogens (primary N) is 4. The van der Waals surface area contributed by atoms with Crippen molar-refractivity contribution in [2.45, 2.75) is 186 Å². The van der Waals surface area contributed by atoms with Gasteiger partial charge in [-0.15, -0.1) is 0 Å². The maximum atomic E-state index is 5.93. The van der Waals surface area contributed by atoms with E-state index in [1.54, 1.807) is 0 Å². The first-order valence-corrected chi connectivity index (χ1v) is 18.8. The van der Waals surface area contributed by atoms with E-state index in [0.717, 1.165) is 65.0 Å². The monoisotopic (exact) mass is 613 g/mol. The van der Waals surface area contributed by atoms with Crippen LogP contribution in [-0.4, -0.2) is 51.6 Å². The van der Waals surface area contributed by atoms with Gasteiger partial charge in [0.05, 0.1) is 0 Å². The fourth-order valence-corrected chi connectivity index (χ4v) is 5.08. The van der Waals surface area contributed by atoms with E-state index in [9.17, 15) is 0 Å². The van der Waals surface area contributed by atoms with Crippen LogP contribution < -0.4 is 22.9 Å². The molecule has 0 fully saturated rings. The third-order valence-corrected chi connectivity index (χ3v) is 7.99. The van der Waals surface area contributed by atoms with Gasteiger partial charge in [-0.1, -0.05) is 109 Å². The number of rotatable bonds is 34. The SMILES string of the molecule is CCCCCCCC/C=C\CCCCCCCCOCCCC(N)CCN.CCCCCCCOCCCC(N)CCN. The van der Waals surface area contributed by atoms with Crippen LogP contribution >= 0.6 is 0 Å². The predicted molar refractivity (Wildman–Crippen MR) is 192 cm³/mol. The molecule has 0 aliphatic heterocycles. The molecule has 0 aliphatic carbocycles. The Labute approximate surface area is 270 Å². The lowest BCUT2D eigenvalue weighted by atomic mass is 10.1. The topological polar surface area (TPSA) is 123 Å². The minimum atomic E-state index is 0.254. The Bertz CT molecular complexity index is 507. The van der Waals surface area contributed by atoms with Gasteiger partial charge >= 0.3 is 0 Å². The summed E-state index contributed by atoms with van der Waals surface area (Å²) in [6.07, 6.45) is 36.3. The van der Waals surface area contributed by atoms with E-state index in [1.807, 2.05) is 0 Å². The smallest absolute Gasteiger partial charge is 0.0466 e. The van der Waals surface area contributed by atoms with Crippen molar-refractivity contribution in [2.75, 3.05) is 39.5 Å². The maximum absolute atomic E-state index is 5.93. The van der Waals surface area contributed by atoms with Crippen molar-refractivity contribution in [2.24, 2.45) is 22.9 Å². The van der Waals surface area contributed by atoms with Crippen molar-refractivity contribution >= 4 is 0 Å². The number of hydrogen-bond acceptors (Lipinski definition) is 6. The number of allylic oxidation sites excluding steroid dienone is 2. The molecule has 0 bridgehead atoms. The van der Waals surface area contributed by atoms with E-state index < -0.39 is 0 Å². The summed E-state index contributed by atoms with van der Waals surface area (Å²) in [4.78, 5) is 0. The Morgan fingerprint density at radius 1 is 0.419 bits per heavy atom. The molecule has 8 N–H and O–H groups in total. The summed E-state index contributed by atoms with van der Waals surface area (Å²) in [5.41, 5.74) is 22.7. The molecule has 0 saturated heterocycles. The predicted octanol–water partition coefficient (Wildman–Crippen LogP) is 8.93. The quantitative estimate of drug-likeness (QED) is 0.0425. The summed E-state index contributed by atoms with van der Waals surface area (Å²) < 4.78 is 11.2. The van der Waals surface area contributed by atoms with E-state index >= 15 is 0 Å². The summed E-state index contributed by atoms with van der Waals surface area (Å²) >= 11 is 0. The molecule has 0 heterocycles. The second-order valence-corrected chi connectivity index (χ2v) is 12.5. The van der Waals surface area contributed by atoms with Gasteiger partial charge in [0.15, 0.2) is 0 Å². The molecule has 0 radical (unpaired) electrons. The molecular weight excluding hydrogens is 532 g/mol. The standard InChI is InChI=1S/C24H50N2O.C13H30N2O/c1-2-3-4-5-6-7-8-9-10-11-12-13-14-15-16-17-22-27-23-18-19-24(26)20-21-25;1-2-3-4-5-6-11-16-12-7-8-13(15)9-10-14/h9-10,24H,2-8,11-23,25-26H2,1H3;13H,2-12,14-15H2,1H3/b10-9-;. The largest absolute Gasteiger partial charge is 0.381 e. The summed E-state index contributed by atoms with van der Waals surface area (Å²) in [6.45, 7) is 9.43. The van der Waals surface area contributed by atoms with Crippen LogP contribution in [0.3, 0.4) is 0 Å². The van der Waals surface area contributed by atoms with Gasteiger partial charge in [0.1, 0.15) is 0 Å².